The molecule has 0 unspecified atom stereocenters. The number of aromatic nitrogens is 5. The van der Waals surface area contributed by atoms with Gasteiger partial charge in [-0.3, -0.25) is 13.9 Å². The van der Waals surface area contributed by atoms with E-state index in [1.54, 1.807) is 4.57 Å². The molecule has 0 aliphatic heterocycles. The number of hydrogen-bond acceptors (Lipinski definition) is 3. The Balaban J connectivity index is 1.02. The fraction of sp³-hybridized carbons (Fsp3) is 0. The van der Waals surface area contributed by atoms with Crippen LogP contribution in [0.3, 0.4) is 0 Å². The average molecular weight is 832 g/mol. The summed E-state index contributed by atoms with van der Waals surface area (Å²) in [6, 6.07) is 75.6. The van der Waals surface area contributed by atoms with Crippen molar-refractivity contribution in [3.63, 3.8) is 0 Å². The molecular weight excluding hydrogens is 795 g/mol. The van der Waals surface area contributed by atoms with Crippen molar-refractivity contribution in [3.05, 3.63) is 235 Å². The third-order valence-electron chi connectivity index (χ3n) is 12.9. The van der Waals surface area contributed by atoms with Gasteiger partial charge >= 0.3 is 0 Å². The summed E-state index contributed by atoms with van der Waals surface area (Å²) in [5.74, 6) is 0.484. The zero-order chi connectivity index (χ0) is 43.0. The van der Waals surface area contributed by atoms with Gasteiger partial charge in [-0.1, -0.05) is 158 Å². The normalized spacial score (nSPS) is 11.8. The van der Waals surface area contributed by atoms with E-state index in [0.29, 0.717) is 17.0 Å². The van der Waals surface area contributed by atoms with Crippen LogP contribution in [0.4, 0.5) is 0 Å². The summed E-state index contributed by atoms with van der Waals surface area (Å²) < 4.78 is 6.25. The average Bonchev–Trinajstić information content (AvgIpc) is 3.89. The number of pyridine rings is 1. The van der Waals surface area contributed by atoms with Crippen LogP contribution >= 0.6 is 0 Å². The second kappa shape index (κ2) is 14.6. The van der Waals surface area contributed by atoms with E-state index in [1.807, 2.05) is 72.9 Å². The van der Waals surface area contributed by atoms with E-state index in [1.165, 1.54) is 21.8 Å². The van der Waals surface area contributed by atoms with Crippen molar-refractivity contribution in [2.45, 2.75) is 0 Å². The largest absolute Gasteiger partial charge is 0.309 e. The maximum atomic E-state index is 15.3. The Morgan fingerprint density at radius 3 is 1.54 bits per heavy atom. The highest BCUT2D eigenvalue weighted by molar-refractivity contribution is 6.13. The number of nitrogens with zero attached hydrogens (tertiary/aromatic N) is 5. The van der Waals surface area contributed by atoms with E-state index >= 15 is 4.79 Å². The van der Waals surface area contributed by atoms with Gasteiger partial charge in [-0.25, -0.2) is 4.98 Å². The monoisotopic (exact) mass is 831 g/mol. The van der Waals surface area contributed by atoms with Gasteiger partial charge < -0.3 is 4.57 Å². The van der Waals surface area contributed by atoms with Crippen molar-refractivity contribution in [1.29, 1.82) is 0 Å². The van der Waals surface area contributed by atoms with Crippen LogP contribution in [0.25, 0.3) is 116 Å². The van der Waals surface area contributed by atoms with Gasteiger partial charge in [-0.05, 0) is 94.0 Å². The highest BCUT2D eigenvalue weighted by atomic mass is 16.1. The van der Waals surface area contributed by atoms with E-state index in [2.05, 4.69) is 161 Å². The highest BCUT2D eigenvalue weighted by Crippen LogP contribution is 2.39. The molecule has 0 aliphatic carbocycles. The molecule has 65 heavy (non-hydrogen) atoms. The molecule has 0 amide bonds. The molecule has 9 aromatic carbocycles. The number of para-hydroxylation sites is 3. The summed E-state index contributed by atoms with van der Waals surface area (Å²) >= 11 is 0. The molecule has 13 rings (SSSR count). The number of rotatable bonds is 6. The molecular formula is C59H37N5O. The van der Waals surface area contributed by atoms with E-state index in [-0.39, 0.29) is 5.56 Å². The van der Waals surface area contributed by atoms with E-state index < -0.39 is 0 Å². The Morgan fingerprint density at radius 1 is 0.338 bits per heavy atom. The molecule has 0 N–H and O–H groups in total. The summed E-state index contributed by atoms with van der Waals surface area (Å²) in [7, 11) is 0. The van der Waals surface area contributed by atoms with Crippen molar-refractivity contribution < 1.29 is 0 Å². The fourth-order valence-electron chi connectivity index (χ4n) is 9.98. The van der Waals surface area contributed by atoms with Gasteiger partial charge in [-0.15, -0.1) is 0 Å². The minimum absolute atomic E-state index is 0.141. The Kier molecular flexibility index (Phi) is 8.26. The van der Waals surface area contributed by atoms with Crippen LogP contribution in [0.5, 0.6) is 0 Å². The van der Waals surface area contributed by atoms with Crippen molar-refractivity contribution in [1.82, 2.24) is 23.7 Å². The van der Waals surface area contributed by atoms with E-state index in [0.717, 1.165) is 77.3 Å². The van der Waals surface area contributed by atoms with Gasteiger partial charge in [0, 0.05) is 44.2 Å². The molecule has 304 valence electrons. The standard InChI is InChI=1S/C59H37N5O/c65-58-56-45(39-18-6-2-7-19-39)26-15-27-48(56)51-37-60-59(61-57(51)63(58)44-23-14-20-40(34-44)38-16-4-1-5-17-38)64-53-29-13-11-25-47(53)50-36-42(31-33-55(50)64)41-30-32-54-49(35-41)46-24-10-12-28-52(46)62(54)43-21-8-3-9-22-43/h1-37H. The Morgan fingerprint density at radius 2 is 0.846 bits per heavy atom. The molecule has 0 saturated carbocycles. The van der Waals surface area contributed by atoms with Crippen LogP contribution < -0.4 is 5.56 Å². The molecule has 6 heteroatoms. The maximum Gasteiger partial charge on any atom is 0.265 e. The maximum absolute atomic E-state index is 15.3. The minimum Gasteiger partial charge on any atom is -0.309 e. The lowest BCUT2D eigenvalue weighted by atomic mass is 9.97. The first-order chi connectivity index (χ1) is 32.2. The molecule has 4 heterocycles. The SMILES string of the molecule is O=c1c2c(-c3ccccc3)cccc2c2cnc(-n3c4ccccc4c4cc(-c5ccc6c(c5)c5ccccc5n6-c5ccccc5)ccc43)nc2n1-c1cccc(-c2ccccc2)c1. The molecule has 0 saturated heterocycles. The first-order valence-corrected chi connectivity index (χ1v) is 21.9. The molecule has 0 aliphatic rings. The van der Waals surface area contributed by atoms with Crippen LogP contribution in [-0.4, -0.2) is 23.7 Å². The van der Waals surface area contributed by atoms with Gasteiger partial charge in [0.2, 0.25) is 5.95 Å². The second-order valence-electron chi connectivity index (χ2n) is 16.6. The first kappa shape index (κ1) is 36.8. The summed E-state index contributed by atoms with van der Waals surface area (Å²) in [4.78, 5) is 25.8. The third-order valence-corrected chi connectivity index (χ3v) is 12.9. The fourth-order valence-corrected chi connectivity index (χ4v) is 9.98. The molecule has 0 spiro atoms. The van der Waals surface area contributed by atoms with E-state index in [9.17, 15) is 0 Å². The lowest BCUT2D eigenvalue weighted by Crippen LogP contribution is -2.21. The Hall–Kier alpha value is -8.87. The van der Waals surface area contributed by atoms with Crippen LogP contribution in [0.2, 0.25) is 0 Å². The third kappa shape index (κ3) is 5.78. The molecule has 0 fully saturated rings. The Labute approximate surface area is 373 Å². The zero-order valence-corrected chi connectivity index (χ0v) is 35.0. The molecule has 0 bridgehead atoms. The van der Waals surface area contributed by atoms with Gasteiger partial charge in [0.15, 0.2) is 5.65 Å². The summed E-state index contributed by atoms with van der Waals surface area (Å²) in [6.07, 6.45) is 1.89. The molecule has 13 aromatic rings. The zero-order valence-electron chi connectivity index (χ0n) is 35.0. The summed E-state index contributed by atoms with van der Waals surface area (Å²) in [5, 5.41) is 6.83. The predicted octanol–water partition coefficient (Wildman–Crippen LogP) is 14.1. The highest BCUT2D eigenvalue weighted by Gasteiger charge is 2.22. The van der Waals surface area contributed by atoms with Crippen LogP contribution in [0.15, 0.2) is 229 Å². The minimum atomic E-state index is -0.141. The summed E-state index contributed by atoms with van der Waals surface area (Å²) in [5.41, 5.74) is 12.7. The van der Waals surface area contributed by atoms with Crippen LogP contribution in [0, 0.1) is 0 Å². The van der Waals surface area contributed by atoms with Crippen molar-refractivity contribution in [3.8, 4) is 50.7 Å². The predicted molar refractivity (Wildman–Crippen MR) is 268 cm³/mol. The van der Waals surface area contributed by atoms with Gasteiger partial charge in [0.25, 0.3) is 5.56 Å². The van der Waals surface area contributed by atoms with Crippen molar-refractivity contribution in [2.75, 3.05) is 0 Å². The number of benzene rings is 9. The van der Waals surface area contributed by atoms with Gasteiger partial charge in [0.1, 0.15) is 0 Å². The van der Waals surface area contributed by atoms with Crippen molar-refractivity contribution in [2.24, 2.45) is 0 Å². The topological polar surface area (TPSA) is 57.6 Å². The Bertz CT molecular complexity index is 4070. The van der Waals surface area contributed by atoms with Crippen LogP contribution in [0.1, 0.15) is 0 Å². The number of fused-ring (bicyclic) bond motifs is 9. The first-order valence-electron chi connectivity index (χ1n) is 21.9. The molecule has 0 radical (unpaired) electrons. The lowest BCUT2D eigenvalue weighted by Gasteiger charge is -2.16. The molecule has 0 atom stereocenters. The lowest BCUT2D eigenvalue weighted by molar-refractivity contribution is 0.965. The van der Waals surface area contributed by atoms with Gasteiger partial charge in [0.05, 0.1) is 33.1 Å². The smallest absolute Gasteiger partial charge is 0.265 e. The molecule has 4 aromatic heterocycles. The summed E-state index contributed by atoms with van der Waals surface area (Å²) in [6.45, 7) is 0. The molecule has 6 nitrogen and oxygen atoms in total. The van der Waals surface area contributed by atoms with Gasteiger partial charge in [-0.2, -0.15) is 4.98 Å². The number of hydrogen-bond donors (Lipinski definition) is 0. The van der Waals surface area contributed by atoms with Crippen LogP contribution in [-0.2, 0) is 0 Å². The quantitative estimate of drug-likeness (QED) is 0.157. The van der Waals surface area contributed by atoms with E-state index in [4.69, 9.17) is 9.97 Å². The van der Waals surface area contributed by atoms with Crippen molar-refractivity contribution >= 4 is 65.4 Å². The second-order valence-corrected chi connectivity index (χ2v) is 16.6.